The van der Waals surface area contributed by atoms with Crippen molar-refractivity contribution in [1.82, 2.24) is 0 Å². The maximum atomic E-state index is 9.83. The predicted molar refractivity (Wildman–Crippen MR) is 64.7 cm³/mol. The van der Waals surface area contributed by atoms with Crippen molar-refractivity contribution in [3.63, 3.8) is 0 Å². The molecule has 0 radical (unpaired) electrons. The zero-order valence-electron chi connectivity index (χ0n) is 9.27. The molecule has 1 heterocycles. The minimum Gasteiger partial charge on any atom is -0.394 e. The summed E-state index contributed by atoms with van der Waals surface area (Å²) in [5.74, 6) is 0. The topological polar surface area (TPSA) is 69.9 Å². The van der Waals surface area contributed by atoms with Crippen molar-refractivity contribution < 1.29 is 20.1 Å². The van der Waals surface area contributed by atoms with E-state index < -0.39 is 23.7 Å². The molecule has 0 saturated carbocycles. The van der Waals surface area contributed by atoms with E-state index in [1.54, 1.807) is 0 Å². The lowest BCUT2D eigenvalue weighted by molar-refractivity contribution is -0.149. The van der Waals surface area contributed by atoms with Crippen LogP contribution in [0.1, 0.15) is 6.42 Å². The normalized spacial score (nSPS) is 33.6. The molecule has 4 nitrogen and oxygen atoms in total. The second-order valence-corrected chi connectivity index (χ2v) is 5.20. The Morgan fingerprint density at radius 3 is 2.53 bits per heavy atom. The smallest absolute Gasteiger partial charge is 0.134 e. The number of hydrogen-bond acceptors (Lipinski definition) is 5. The van der Waals surface area contributed by atoms with Gasteiger partial charge >= 0.3 is 0 Å². The predicted octanol–water partition coefficient (Wildman–Crippen LogP) is 0.608. The molecule has 94 valence electrons. The van der Waals surface area contributed by atoms with Crippen LogP contribution in [0.25, 0.3) is 0 Å². The van der Waals surface area contributed by atoms with Gasteiger partial charge in [-0.15, -0.1) is 0 Å². The summed E-state index contributed by atoms with van der Waals surface area (Å²) in [6.07, 6.45) is -1.91. The summed E-state index contributed by atoms with van der Waals surface area (Å²) < 4.78 is 5.48. The van der Waals surface area contributed by atoms with Crippen LogP contribution in [0, 0.1) is 0 Å². The number of rotatable bonds is 3. The molecule has 0 bridgehead atoms. The lowest BCUT2D eigenvalue weighted by Gasteiger charge is -2.36. The lowest BCUT2D eigenvalue weighted by Crippen LogP contribution is -2.47. The average molecular weight is 256 g/mol. The van der Waals surface area contributed by atoms with Gasteiger partial charge in [-0.3, -0.25) is 0 Å². The number of aliphatic hydroxyl groups excluding tert-OH is 3. The maximum Gasteiger partial charge on any atom is 0.134 e. The Morgan fingerprint density at radius 1 is 1.18 bits per heavy atom. The molecule has 1 aliphatic rings. The monoisotopic (exact) mass is 256 g/mol. The highest BCUT2D eigenvalue weighted by molar-refractivity contribution is 7.99. The Balaban J connectivity index is 2.00. The first-order valence-electron chi connectivity index (χ1n) is 5.55. The molecule has 5 heteroatoms. The van der Waals surface area contributed by atoms with Crippen molar-refractivity contribution in [2.24, 2.45) is 0 Å². The second kappa shape index (κ2) is 5.84. The number of thioether (sulfide) groups is 1. The van der Waals surface area contributed by atoms with E-state index in [9.17, 15) is 10.2 Å². The van der Waals surface area contributed by atoms with E-state index in [-0.39, 0.29) is 13.0 Å². The summed E-state index contributed by atoms with van der Waals surface area (Å²) in [5.41, 5.74) is -0.446. The van der Waals surface area contributed by atoms with Crippen LogP contribution in [0.4, 0.5) is 0 Å². The van der Waals surface area contributed by atoms with E-state index in [1.807, 2.05) is 30.3 Å². The quantitative estimate of drug-likeness (QED) is 0.739. The van der Waals surface area contributed by atoms with Crippen LogP contribution in [0.15, 0.2) is 35.2 Å². The molecule has 1 aromatic rings. The van der Waals surface area contributed by atoms with E-state index in [0.717, 1.165) is 4.90 Å². The molecule has 0 spiro atoms. The third-order valence-corrected chi connectivity index (χ3v) is 3.91. The first-order chi connectivity index (χ1) is 8.20. The van der Waals surface area contributed by atoms with E-state index in [2.05, 4.69) is 0 Å². The van der Waals surface area contributed by atoms with Gasteiger partial charge in [0.1, 0.15) is 11.5 Å². The fourth-order valence-corrected chi connectivity index (χ4v) is 2.82. The third-order valence-electron chi connectivity index (χ3n) is 2.71. The molecule has 3 N–H and O–H groups in total. The number of benzene rings is 1. The zero-order chi connectivity index (χ0) is 12.3. The van der Waals surface area contributed by atoms with Crippen LogP contribution >= 0.6 is 11.8 Å². The van der Waals surface area contributed by atoms with Crippen molar-refractivity contribution in [1.29, 1.82) is 0 Å². The first-order valence-corrected chi connectivity index (χ1v) is 6.43. The Labute approximate surface area is 104 Å². The summed E-state index contributed by atoms with van der Waals surface area (Å²) in [6.45, 7) is -0.236. The van der Waals surface area contributed by atoms with E-state index in [4.69, 9.17) is 9.84 Å². The van der Waals surface area contributed by atoms with Crippen molar-refractivity contribution in [3.8, 4) is 0 Å². The Hall–Kier alpha value is -0.590. The molecular formula is C12H16O4S. The number of hydrogen-bond donors (Lipinski definition) is 3. The maximum absolute atomic E-state index is 9.83. The van der Waals surface area contributed by atoms with Gasteiger partial charge in [-0.05, 0) is 12.1 Å². The molecule has 17 heavy (non-hydrogen) atoms. The zero-order valence-corrected chi connectivity index (χ0v) is 10.1. The molecule has 4 atom stereocenters. The standard InChI is InChI=1S/C12H16O4S/c13-7-11-9(14)6-10(15)12(16-11)17-8-4-2-1-3-5-8/h1-5,9-15H,6-7H2/t9-,10?,11?,12+/m1/s1. The summed E-state index contributed by atoms with van der Waals surface area (Å²) in [7, 11) is 0. The highest BCUT2D eigenvalue weighted by Crippen LogP contribution is 2.32. The third kappa shape index (κ3) is 3.20. The summed E-state index contributed by atoms with van der Waals surface area (Å²) >= 11 is 1.40. The van der Waals surface area contributed by atoms with Crippen molar-refractivity contribution >= 4 is 11.8 Å². The van der Waals surface area contributed by atoms with Crippen LogP contribution in [-0.2, 0) is 4.74 Å². The van der Waals surface area contributed by atoms with Crippen molar-refractivity contribution in [2.75, 3.05) is 6.61 Å². The fourth-order valence-electron chi connectivity index (χ4n) is 1.77. The minimum absolute atomic E-state index is 0.232. The SMILES string of the molecule is OCC1O[C@@H](Sc2ccccc2)C(O)C[C@H]1O. The molecule has 1 aliphatic heterocycles. The van der Waals surface area contributed by atoms with Gasteiger partial charge in [0.15, 0.2) is 0 Å². The largest absolute Gasteiger partial charge is 0.394 e. The lowest BCUT2D eigenvalue weighted by atomic mass is 10.0. The summed E-state index contributed by atoms with van der Waals surface area (Å²) in [6, 6.07) is 9.60. The van der Waals surface area contributed by atoms with Crippen molar-refractivity contribution in [2.45, 2.75) is 35.1 Å². The summed E-state index contributed by atoms with van der Waals surface area (Å²) in [4.78, 5) is 0.990. The molecule has 2 rings (SSSR count). The van der Waals surface area contributed by atoms with Crippen LogP contribution in [0.3, 0.4) is 0 Å². The van der Waals surface area contributed by atoms with E-state index in [1.165, 1.54) is 11.8 Å². The van der Waals surface area contributed by atoms with Crippen LogP contribution in [0.2, 0.25) is 0 Å². The number of ether oxygens (including phenoxy) is 1. The van der Waals surface area contributed by atoms with Gasteiger partial charge in [0.05, 0.1) is 18.8 Å². The van der Waals surface area contributed by atoms with E-state index >= 15 is 0 Å². The van der Waals surface area contributed by atoms with Gasteiger partial charge in [-0.2, -0.15) is 0 Å². The molecule has 2 unspecified atom stereocenters. The van der Waals surface area contributed by atoms with Gasteiger partial charge in [0, 0.05) is 11.3 Å². The number of aliphatic hydroxyl groups is 3. The second-order valence-electron chi connectivity index (χ2n) is 4.03. The molecule has 0 aliphatic carbocycles. The fraction of sp³-hybridized carbons (Fsp3) is 0.500. The summed E-state index contributed by atoms with van der Waals surface area (Å²) in [5, 5.41) is 28.5. The highest BCUT2D eigenvalue weighted by Gasteiger charge is 2.36. The van der Waals surface area contributed by atoms with E-state index in [0.29, 0.717) is 0 Å². The molecule has 1 fully saturated rings. The minimum atomic E-state index is -0.803. The first kappa shape index (κ1) is 12.9. The van der Waals surface area contributed by atoms with Crippen LogP contribution in [-0.4, -0.2) is 45.7 Å². The van der Waals surface area contributed by atoms with Crippen LogP contribution < -0.4 is 0 Å². The van der Waals surface area contributed by atoms with Crippen molar-refractivity contribution in [3.05, 3.63) is 30.3 Å². The van der Waals surface area contributed by atoms with Gasteiger partial charge < -0.3 is 20.1 Å². The Kier molecular flexibility index (Phi) is 4.42. The molecule has 1 aromatic carbocycles. The Morgan fingerprint density at radius 2 is 1.88 bits per heavy atom. The molecule has 0 amide bonds. The molecule has 0 aromatic heterocycles. The highest BCUT2D eigenvalue weighted by atomic mass is 32.2. The average Bonchev–Trinajstić information content (AvgIpc) is 2.34. The Bertz CT molecular complexity index is 346. The molecular weight excluding hydrogens is 240 g/mol. The van der Waals surface area contributed by atoms with Crippen LogP contribution in [0.5, 0.6) is 0 Å². The van der Waals surface area contributed by atoms with Gasteiger partial charge in [0.25, 0.3) is 0 Å². The molecule has 1 saturated heterocycles. The van der Waals surface area contributed by atoms with Gasteiger partial charge in [0.2, 0.25) is 0 Å². The van der Waals surface area contributed by atoms with Gasteiger partial charge in [-0.25, -0.2) is 0 Å². The van der Waals surface area contributed by atoms with Gasteiger partial charge in [-0.1, -0.05) is 30.0 Å².